The number of phenolic OH excluding ortho intramolecular Hbond substituents is 1. The van der Waals surface area contributed by atoms with E-state index in [2.05, 4.69) is 5.32 Å². The van der Waals surface area contributed by atoms with Gasteiger partial charge in [-0.3, -0.25) is 9.59 Å². The molecular formula is C14H17NO4. The molecule has 5 nitrogen and oxygen atoms in total. The van der Waals surface area contributed by atoms with Crippen LogP contribution in [0.4, 0.5) is 5.69 Å². The molecule has 0 aromatic heterocycles. The molecule has 2 atom stereocenters. The Hall–Kier alpha value is -2.04. The molecule has 1 aliphatic carbocycles. The third-order valence-corrected chi connectivity index (χ3v) is 3.84. The molecule has 19 heavy (non-hydrogen) atoms. The number of hydrogen-bond acceptors (Lipinski definition) is 3. The zero-order chi connectivity index (χ0) is 14.4. The quantitative estimate of drug-likeness (QED) is 0.728. The topological polar surface area (TPSA) is 86.6 Å². The molecule has 0 spiro atoms. The Balaban J connectivity index is 2.13. The van der Waals surface area contributed by atoms with Crippen LogP contribution in [-0.2, 0) is 9.59 Å². The highest BCUT2D eigenvalue weighted by Crippen LogP contribution is 2.58. The third kappa shape index (κ3) is 2.28. The lowest BCUT2D eigenvalue weighted by molar-refractivity contribution is -0.140. The number of carbonyl (C=O) groups excluding carboxylic acids is 1. The number of hydrogen-bond donors (Lipinski definition) is 3. The minimum absolute atomic E-state index is 0.130. The van der Waals surface area contributed by atoms with Crippen molar-refractivity contribution >= 4 is 17.6 Å². The number of aryl methyl sites for hydroxylation is 1. The SMILES string of the molecule is Cc1cc(O)ccc1NC(=O)C1C(C(=O)O)C1(C)C. The van der Waals surface area contributed by atoms with Gasteiger partial charge < -0.3 is 15.5 Å². The first-order valence-electron chi connectivity index (χ1n) is 6.08. The van der Waals surface area contributed by atoms with Gasteiger partial charge in [0.05, 0.1) is 11.8 Å². The summed E-state index contributed by atoms with van der Waals surface area (Å²) >= 11 is 0. The molecule has 0 saturated heterocycles. The number of anilines is 1. The van der Waals surface area contributed by atoms with E-state index in [9.17, 15) is 14.7 Å². The minimum Gasteiger partial charge on any atom is -0.508 e. The maximum atomic E-state index is 12.1. The second-order valence-corrected chi connectivity index (χ2v) is 5.60. The Morgan fingerprint density at radius 1 is 1.26 bits per heavy atom. The smallest absolute Gasteiger partial charge is 0.307 e. The van der Waals surface area contributed by atoms with E-state index in [4.69, 9.17) is 5.11 Å². The number of aromatic hydroxyl groups is 1. The highest BCUT2D eigenvalue weighted by molar-refractivity contribution is 6.00. The molecular weight excluding hydrogens is 246 g/mol. The summed E-state index contributed by atoms with van der Waals surface area (Å²) in [5.41, 5.74) is 0.814. The van der Waals surface area contributed by atoms with Crippen LogP contribution in [0.15, 0.2) is 18.2 Å². The van der Waals surface area contributed by atoms with Gasteiger partial charge in [0, 0.05) is 5.69 Å². The number of carbonyl (C=O) groups is 2. The van der Waals surface area contributed by atoms with Crippen molar-refractivity contribution < 1.29 is 19.8 Å². The fraction of sp³-hybridized carbons (Fsp3) is 0.429. The fourth-order valence-electron chi connectivity index (χ4n) is 2.59. The van der Waals surface area contributed by atoms with E-state index in [0.29, 0.717) is 5.69 Å². The first-order valence-corrected chi connectivity index (χ1v) is 6.08. The summed E-state index contributed by atoms with van der Waals surface area (Å²) in [7, 11) is 0. The number of aliphatic carboxylic acids is 1. The molecule has 1 aliphatic rings. The van der Waals surface area contributed by atoms with Gasteiger partial charge >= 0.3 is 5.97 Å². The summed E-state index contributed by atoms with van der Waals surface area (Å²) in [5, 5.41) is 21.1. The number of carboxylic acid groups (broad SMARTS) is 1. The molecule has 102 valence electrons. The van der Waals surface area contributed by atoms with Crippen molar-refractivity contribution in [2.45, 2.75) is 20.8 Å². The molecule has 3 N–H and O–H groups in total. The van der Waals surface area contributed by atoms with E-state index >= 15 is 0 Å². The lowest BCUT2D eigenvalue weighted by Crippen LogP contribution is -2.18. The number of carboxylic acids is 1. The molecule has 1 amide bonds. The van der Waals surface area contributed by atoms with Crippen molar-refractivity contribution in [3.8, 4) is 5.75 Å². The van der Waals surface area contributed by atoms with Crippen molar-refractivity contribution in [2.75, 3.05) is 5.32 Å². The van der Waals surface area contributed by atoms with Crippen LogP contribution in [0.3, 0.4) is 0 Å². The molecule has 2 unspecified atom stereocenters. The zero-order valence-electron chi connectivity index (χ0n) is 11.1. The standard InChI is InChI=1S/C14H17NO4/c1-7-6-8(16)4-5-9(7)15-12(17)10-11(13(18)19)14(10,2)3/h4-6,10-11,16H,1-3H3,(H,15,17)(H,18,19). The van der Waals surface area contributed by atoms with Crippen LogP contribution >= 0.6 is 0 Å². The second kappa shape index (κ2) is 4.26. The highest BCUT2D eigenvalue weighted by Gasteiger charge is 2.65. The highest BCUT2D eigenvalue weighted by atomic mass is 16.4. The Morgan fingerprint density at radius 2 is 1.89 bits per heavy atom. The Labute approximate surface area is 111 Å². The average molecular weight is 263 g/mol. The summed E-state index contributed by atoms with van der Waals surface area (Å²) in [4.78, 5) is 23.1. The normalized spacial score (nSPS) is 23.7. The average Bonchev–Trinajstić information content (AvgIpc) is 2.86. The summed E-state index contributed by atoms with van der Waals surface area (Å²) in [6.07, 6.45) is 0. The third-order valence-electron chi connectivity index (χ3n) is 3.84. The first kappa shape index (κ1) is 13.4. The summed E-state index contributed by atoms with van der Waals surface area (Å²) in [5.74, 6) is -2.24. The van der Waals surface area contributed by atoms with E-state index in [-0.39, 0.29) is 11.7 Å². The number of amides is 1. The molecule has 1 fully saturated rings. The summed E-state index contributed by atoms with van der Waals surface area (Å²) < 4.78 is 0. The monoisotopic (exact) mass is 263 g/mol. The number of rotatable bonds is 3. The van der Waals surface area contributed by atoms with E-state index in [1.54, 1.807) is 32.9 Å². The van der Waals surface area contributed by atoms with Crippen molar-refractivity contribution in [3.63, 3.8) is 0 Å². The molecule has 0 aliphatic heterocycles. The van der Waals surface area contributed by atoms with Gasteiger partial charge in [-0.25, -0.2) is 0 Å². The minimum atomic E-state index is -0.937. The fourth-order valence-corrected chi connectivity index (χ4v) is 2.59. The molecule has 1 aromatic carbocycles. The molecule has 1 saturated carbocycles. The molecule has 1 aromatic rings. The van der Waals surface area contributed by atoms with Crippen LogP contribution in [0.5, 0.6) is 5.75 Å². The molecule has 0 heterocycles. The van der Waals surface area contributed by atoms with Gasteiger partial charge in [-0.15, -0.1) is 0 Å². The largest absolute Gasteiger partial charge is 0.508 e. The molecule has 0 bridgehead atoms. The predicted octanol–water partition coefficient (Wildman–Crippen LogP) is 2.00. The Morgan fingerprint density at radius 3 is 2.37 bits per heavy atom. The van der Waals surface area contributed by atoms with Crippen LogP contribution in [0.25, 0.3) is 0 Å². The second-order valence-electron chi connectivity index (χ2n) is 5.60. The van der Waals surface area contributed by atoms with Gasteiger partial charge in [-0.05, 0) is 36.1 Å². The number of nitrogens with one attached hydrogen (secondary N) is 1. The number of benzene rings is 1. The molecule has 5 heteroatoms. The first-order chi connectivity index (χ1) is 8.75. The van der Waals surface area contributed by atoms with Crippen LogP contribution in [-0.4, -0.2) is 22.1 Å². The predicted molar refractivity (Wildman–Crippen MR) is 69.9 cm³/mol. The van der Waals surface area contributed by atoms with Crippen LogP contribution in [0.1, 0.15) is 19.4 Å². The number of phenols is 1. The van der Waals surface area contributed by atoms with Gasteiger partial charge in [-0.2, -0.15) is 0 Å². The van der Waals surface area contributed by atoms with Crippen molar-refractivity contribution in [3.05, 3.63) is 23.8 Å². The van der Waals surface area contributed by atoms with Gasteiger partial charge in [0.25, 0.3) is 0 Å². The zero-order valence-corrected chi connectivity index (χ0v) is 11.1. The summed E-state index contributed by atoms with van der Waals surface area (Å²) in [6, 6.07) is 4.63. The van der Waals surface area contributed by atoms with Gasteiger partial charge in [0.1, 0.15) is 5.75 Å². The van der Waals surface area contributed by atoms with Gasteiger partial charge in [-0.1, -0.05) is 13.8 Å². The Bertz CT molecular complexity index is 550. The maximum Gasteiger partial charge on any atom is 0.307 e. The van der Waals surface area contributed by atoms with E-state index in [0.717, 1.165) is 5.56 Å². The molecule has 2 rings (SSSR count). The van der Waals surface area contributed by atoms with E-state index in [1.165, 1.54) is 6.07 Å². The maximum absolute atomic E-state index is 12.1. The lowest BCUT2D eigenvalue weighted by Gasteiger charge is -2.09. The summed E-state index contributed by atoms with van der Waals surface area (Å²) in [6.45, 7) is 5.32. The lowest BCUT2D eigenvalue weighted by atomic mass is 10.1. The van der Waals surface area contributed by atoms with E-state index < -0.39 is 23.2 Å². The Kier molecular flexibility index (Phi) is 3.00. The van der Waals surface area contributed by atoms with E-state index in [1.807, 2.05) is 0 Å². The van der Waals surface area contributed by atoms with Gasteiger partial charge in [0.2, 0.25) is 5.91 Å². The van der Waals surface area contributed by atoms with Crippen molar-refractivity contribution in [2.24, 2.45) is 17.3 Å². The van der Waals surface area contributed by atoms with Crippen molar-refractivity contribution in [1.82, 2.24) is 0 Å². The van der Waals surface area contributed by atoms with Crippen LogP contribution in [0, 0.1) is 24.2 Å². The van der Waals surface area contributed by atoms with Crippen LogP contribution < -0.4 is 5.32 Å². The molecule has 0 radical (unpaired) electrons. The van der Waals surface area contributed by atoms with Crippen LogP contribution in [0.2, 0.25) is 0 Å². The van der Waals surface area contributed by atoms with Gasteiger partial charge in [0.15, 0.2) is 0 Å². The van der Waals surface area contributed by atoms with Crippen molar-refractivity contribution in [1.29, 1.82) is 0 Å².